The van der Waals surface area contributed by atoms with E-state index in [-0.39, 0.29) is 0 Å². The van der Waals surface area contributed by atoms with Crippen molar-refractivity contribution in [3.05, 3.63) is 48.1 Å². The Balaban J connectivity index is 1.57. The summed E-state index contributed by atoms with van der Waals surface area (Å²) in [5.74, 6) is 1.75. The number of ether oxygens (including phenoxy) is 1. The molecule has 4 nitrogen and oxygen atoms in total. The zero-order valence-corrected chi connectivity index (χ0v) is 11.1. The minimum absolute atomic E-state index is 0.598. The highest BCUT2D eigenvalue weighted by atomic mass is 32.1. The molecule has 0 atom stereocenters. The molecule has 0 saturated heterocycles. The number of benzene rings is 1. The number of nitrogens with one attached hydrogen (secondary N) is 1. The van der Waals surface area contributed by atoms with Gasteiger partial charge in [-0.25, -0.2) is 9.97 Å². The number of aromatic nitrogens is 2. The lowest BCUT2D eigenvalue weighted by atomic mass is 10.3. The molecule has 2 aromatic heterocycles. The zero-order valence-electron chi connectivity index (χ0n) is 10.2. The molecule has 0 fully saturated rings. The van der Waals surface area contributed by atoms with Gasteiger partial charge in [0.1, 0.15) is 24.5 Å². The molecule has 0 bridgehead atoms. The average Bonchev–Trinajstić information content (AvgIpc) is 2.94. The first kappa shape index (κ1) is 11.9. The molecule has 0 radical (unpaired) electrons. The lowest BCUT2D eigenvalue weighted by Gasteiger charge is -2.08. The summed E-state index contributed by atoms with van der Waals surface area (Å²) in [6.07, 6.45) is 1.58. The van der Waals surface area contributed by atoms with Crippen LogP contribution in [0, 0.1) is 0 Å². The molecule has 0 unspecified atom stereocenters. The number of hydrogen-bond acceptors (Lipinski definition) is 5. The maximum Gasteiger partial charge on any atom is 0.147 e. The largest absolute Gasteiger partial charge is 0.492 e. The fourth-order valence-electron chi connectivity index (χ4n) is 1.77. The Hall–Kier alpha value is -2.14. The van der Waals surface area contributed by atoms with Gasteiger partial charge in [0.15, 0.2) is 0 Å². The number of rotatable bonds is 5. The average molecular weight is 271 g/mol. The van der Waals surface area contributed by atoms with Crippen LogP contribution in [0.5, 0.6) is 5.75 Å². The van der Waals surface area contributed by atoms with E-state index >= 15 is 0 Å². The number of para-hydroxylation sites is 1. The molecule has 0 saturated carbocycles. The number of thiophene rings is 1. The van der Waals surface area contributed by atoms with Gasteiger partial charge < -0.3 is 10.1 Å². The predicted octanol–water partition coefficient (Wildman–Crippen LogP) is 3.18. The van der Waals surface area contributed by atoms with Crippen molar-refractivity contribution in [3.8, 4) is 5.75 Å². The van der Waals surface area contributed by atoms with Crippen LogP contribution in [0.1, 0.15) is 0 Å². The molecular weight excluding hydrogens is 258 g/mol. The van der Waals surface area contributed by atoms with Crippen LogP contribution in [0.15, 0.2) is 48.1 Å². The Morgan fingerprint density at radius 1 is 1.11 bits per heavy atom. The molecule has 1 N–H and O–H groups in total. The highest BCUT2D eigenvalue weighted by Crippen LogP contribution is 2.24. The van der Waals surface area contributed by atoms with Crippen LogP contribution in [0.25, 0.3) is 10.2 Å². The van der Waals surface area contributed by atoms with Gasteiger partial charge in [0.25, 0.3) is 0 Å². The first-order chi connectivity index (χ1) is 9.43. The van der Waals surface area contributed by atoms with Gasteiger partial charge in [0, 0.05) is 0 Å². The maximum absolute atomic E-state index is 5.62. The van der Waals surface area contributed by atoms with Crippen molar-refractivity contribution in [2.75, 3.05) is 18.5 Å². The maximum atomic E-state index is 5.62. The molecule has 0 aliphatic rings. The summed E-state index contributed by atoms with van der Waals surface area (Å²) in [6, 6.07) is 11.8. The summed E-state index contributed by atoms with van der Waals surface area (Å²) >= 11 is 1.64. The van der Waals surface area contributed by atoms with E-state index in [1.807, 2.05) is 41.8 Å². The first-order valence-corrected chi connectivity index (χ1v) is 6.91. The van der Waals surface area contributed by atoms with Crippen molar-refractivity contribution in [3.63, 3.8) is 0 Å². The Labute approximate surface area is 115 Å². The monoisotopic (exact) mass is 271 g/mol. The summed E-state index contributed by atoms with van der Waals surface area (Å²) < 4.78 is 6.70. The topological polar surface area (TPSA) is 47.0 Å². The van der Waals surface area contributed by atoms with Gasteiger partial charge in [-0.05, 0) is 23.6 Å². The van der Waals surface area contributed by atoms with E-state index in [0.717, 1.165) is 21.8 Å². The highest BCUT2D eigenvalue weighted by Gasteiger charge is 2.03. The number of nitrogens with zero attached hydrogens (tertiary/aromatic N) is 2. The third-order valence-corrected chi connectivity index (χ3v) is 3.56. The van der Waals surface area contributed by atoms with Crippen molar-refractivity contribution >= 4 is 27.4 Å². The lowest BCUT2D eigenvalue weighted by Crippen LogP contribution is -2.12. The molecule has 96 valence electrons. The van der Waals surface area contributed by atoms with Crippen LogP contribution < -0.4 is 10.1 Å². The van der Waals surface area contributed by atoms with Crippen molar-refractivity contribution in [2.24, 2.45) is 0 Å². The van der Waals surface area contributed by atoms with E-state index in [1.165, 1.54) is 0 Å². The smallest absolute Gasteiger partial charge is 0.147 e. The number of fused-ring (bicyclic) bond motifs is 1. The van der Waals surface area contributed by atoms with Crippen LogP contribution in [-0.2, 0) is 0 Å². The van der Waals surface area contributed by atoms with Crippen LogP contribution in [0.3, 0.4) is 0 Å². The molecule has 5 heteroatoms. The molecule has 0 aliphatic heterocycles. The lowest BCUT2D eigenvalue weighted by molar-refractivity contribution is 0.333. The standard InChI is InChI=1S/C14H13N3OS/c1-2-4-11(5-3-1)18-8-7-15-14-13-12(6-9-19-13)16-10-17-14/h1-6,9-10H,7-8H2,(H,15,16,17). The van der Waals surface area contributed by atoms with E-state index in [9.17, 15) is 0 Å². The summed E-state index contributed by atoms with van der Waals surface area (Å²) in [5.41, 5.74) is 0.978. The van der Waals surface area contributed by atoms with Crippen LogP contribution in [0.4, 0.5) is 5.82 Å². The third kappa shape index (κ3) is 2.82. The number of hydrogen-bond donors (Lipinski definition) is 1. The fourth-order valence-corrected chi connectivity index (χ4v) is 2.58. The van der Waals surface area contributed by atoms with Gasteiger partial charge in [-0.3, -0.25) is 0 Å². The molecule has 0 amide bonds. The third-order valence-electron chi connectivity index (χ3n) is 2.65. The van der Waals surface area contributed by atoms with Crippen molar-refractivity contribution in [1.29, 1.82) is 0 Å². The minimum atomic E-state index is 0.598. The Morgan fingerprint density at radius 3 is 2.89 bits per heavy atom. The quantitative estimate of drug-likeness (QED) is 0.724. The Kier molecular flexibility index (Phi) is 3.56. The molecule has 2 heterocycles. The Bertz CT molecular complexity index is 654. The van der Waals surface area contributed by atoms with Gasteiger partial charge in [-0.2, -0.15) is 0 Å². The molecule has 19 heavy (non-hydrogen) atoms. The van der Waals surface area contributed by atoms with Gasteiger partial charge in [0.05, 0.1) is 16.8 Å². The minimum Gasteiger partial charge on any atom is -0.492 e. The van der Waals surface area contributed by atoms with Crippen molar-refractivity contribution < 1.29 is 4.74 Å². The van der Waals surface area contributed by atoms with Gasteiger partial charge in [-0.1, -0.05) is 18.2 Å². The Morgan fingerprint density at radius 2 is 2.00 bits per heavy atom. The second-order valence-corrected chi connectivity index (χ2v) is 4.86. The fraction of sp³-hybridized carbons (Fsp3) is 0.143. The van der Waals surface area contributed by atoms with Gasteiger partial charge in [0.2, 0.25) is 0 Å². The van der Waals surface area contributed by atoms with Crippen LogP contribution in [-0.4, -0.2) is 23.1 Å². The van der Waals surface area contributed by atoms with Crippen molar-refractivity contribution in [1.82, 2.24) is 9.97 Å². The highest BCUT2D eigenvalue weighted by molar-refractivity contribution is 7.17. The van der Waals surface area contributed by atoms with E-state index in [1.54, 1.807) is 17.7 Å². The molecule has 0 spiro atoms. The SMILES string of the molecule is c1ccc(OCCNc2ncnc3ccsc23)cc1. The van der Waals surface area contributed by atoms with E-state index < -0.39 is 0 Å². The van der Waals surface area contributed by atoms with Gasteiger partial charge in [-0.15, -0.1) is 11.3 Å². The van der Waals surface area contributed by atoms with Gasteiger partial charge >= 0.3 is 0 Å². The van der Waals surface area contributed by atoms with E-state index in [2.05, 4.69) is 15.3 Å². The predicted molar refractivity (Wildman–Crippen MR) is 77.8 cm³/mol. The molecule has 3 aromatic rings. The van der Waals surface area contributed by atoms with E-state index in [4.69, 9.17) is 4.74 Å². The molecular formula is C14H13N3OS. The molecule has 1 aromatic carbocycles. The summed E-state index contributed by atoms with van der Waals surface area (Å²) in [5, 5.41) is 5.30. The molecule has 0 aliphatic carbocycles. The van der Waals surface area contributed by atoms with E-state index in [0.29, 0.717) is 13.2 Å². The van der Waals surface area contributed by atoms with Crippen LogP contribution >= 0.6 is 11.3 Å². The van der Waals surface area contributed by atoms with Crippen molar-refractivity contribution in [2.45, 2.75) is 0 Å². The normalized spacial score (nSPS) is 10.5. The summed E-state index contributed by atoms with van der Waals surface area (Å²) in [6.45, 7) is 1.31. The second kappa shape index (κ2) is 5.67. The molecule has 3 rings (SSSR count). The second-order valence-electron chi connectivity index (χ2n) is 3.95. The van der Waals surface area contributed by atoms with Crippen LogP contribution in [0.2, 0.25) is 0 Å². The number of anilines is 1. The summed E-state index contributed by atoms with van der Waals surface area (Å²) in [4.78, 5) is 8.46. The summed E-state index contributed by atoms with van der Waals surface area (Å²) in [7, 11) is 0. The zero-order chi connectivity index (χ0) is 12.9. The first-order valence-electron chi connectivity index (χ1n) is 6.03.